The number of aromatic amines is 2. The molecule has 254 valence electrons. The van der Waals surface area contributed by atoms with Gasteiger partial charge in [0.15, 0.2) is 11.4 Å². The second-order valence-corrected chi connectivity index (χ2v) is 12.7. The number of aryl methyl sites for hydroxylation is 2. The Morgan fingerprint density at radius 2 is 1.16 bits per heavy atom. The molecule has 0 unspecified atom stereocenters. The molecule has 0 atom stereocenters. The molecule has 0 saturated carbocycles. The zero-order valence-electron chi connectivity index (χ0n) is 26.1. The van der Waals surface area contributed by atoms with E-state index in [2.05, 4.69) is 40.0 Å². The molecule has 2 heterocycles. The molecule has 6 rings (SSSR count). The van der Waals surface area contributed by atoms with Crippen molar-refractivity contribution in [3.05, 3.63) is 129 Å². The van der Waals surface area contributed by atoms with Crippen LogP contribution in [0.25, 0.3) is 22.5 Å². The van der Waals surface area contributed by atoms with Crippen molar-refractivity contribution in [3.63, 3.8) is 0 Å². The van der Waals surface area contributed by atoms with E-state index in [-0.39, 0.29) is 38.8 Å². The summed E-state index contributed by atoms with van der Waals surface area (Å²) in [7, 11) is -4.85. The van der Waals surface area contributed by atoms with E-state index in [9.17, 15) is 22.6 Å². The largest absolute Gasteiger partial charge is 0.299 e. The molecular weight excluding hydrogens is 689 g/mol. The number of nitrogens with one attached hydrogen (secondary N) is 2. The van der Waals surface area contributed by atoms with E-state index in [1.54, 1.807) is 62.4 Å². The maximum absolute atomic E-state index is 13.0. The van der Waals surface area contributed by atoms with Gasteiger partial charge in [0.05, 0.1) is 46.2 Å². The third kappa shape index (κ3) is 7.15. The highest BCUT2D eigenvalue weighted by Gasteiger charge is 2.21. The first kappa shape index (κ1) is 34.1. The summed E-state index contributed by atoms with van der Waals surface area (Å²) in [6.45, 7) is 3.31. The lowest BCUT2D eigenvalue weighted by Gasteiger charge is -2.12. The van der Waals surface area contributed by atoms with Crippen molar-refractivity contribution in [1.82, 2.24) is 19.6 Å². The van der Waals surface area contributed by atoms with E-state index >= 15 is 0 Å². The summed E-state index contributed by atoms with van der Waals surface area (Å²) < 4.78 is 42.7. The number of hydrogen-bond donors (Lipinski definition) is 4. The highest BCUT2D eigenvalue weighted by atomic mass is 32.2. The summed E-state index contributed by atoms with van der Waals surface area (Å²) in [6, 6.07) is 26.1. The van der Waals surface area contributed by atoms with Crippen molar-refractivity contribution in [3.8, 4) is 22.5 Å². The lowest BCUT2D eigenvalue weighted by atomic mass is 10.0. The molecular formula is C32H26N8O8S2. The maximum atomic E-state index is 13.0. The van der Waals surface area contributed by atoms with Crippen LogP contribution in [0.5, 0.6) is 0 Å². The van der Waals surface area contributed by atoms with Gasteiger partial charge in [0.1, 0.15) is 4.90 Å². The molecule has 0 spiro atoms. The van der Waals surface area contributed by atoms with Crippen LogP contribution in [0.15, 0.2) is 137 Å². The molecule has 0 saturated heterocycles. The summed E-state index contributed by atoms with van der Waals surface area (Å²) in [5.74, 6) is 0. The Morgan fingerprint density at radius 3 is 1.64 bits per heavy atom. The molecule has 0 aliphatic carbocycles. The first-order chi connectivity index (χ1) is 24.0. The Hall–Kier alpha value is -5.76. The zero-order valence-corrected chi connectivity index (χ0v) is 27.7. The second kappa shape index (κ2) is 14.4. The van der Waals surface area contributed by atoms with Gasteiger partial charge in [0.25, 0.3) is 21.2 Å². The molecule has 4 N–H and O–H groups in total. The molecule has 0 aliphatic heterocycles. The average molecular weight is 715 g/mol. The Labute approximate surface area is 287 Å². The molecule has 0 aliphatic rings. The van der Waals surface area contributed by atoms with E-state index in [1.165, 1.54) is 39.7 Å². The minimum atomic E-state index is -4.85. The van der Waals surface area contributed by atoms with Crippen molar-refractivity contribution in [2.75, 3.05) is 0 Å². The second-order valence-electron chi connectivity index (χ2n) is 10.6. The lowest BCUT2D eigenvalue weighted by Crippen LogP contribution is -2.13. The predicted octanol–water partition coefficient (Wildman–Crippen LogP) is 7.43. The Morgan fingerprint density at radius 1 is 0.680 bits per heavy atom. The average Bonchev–Trinajstić information content (AvgIpc) is 3.57. The third-order valence-corrected chi connectivity index (χ3v) is 8.83. The molecule has 2 aromatic heterocycles. The first-order valence-corrected chi connectivity index (χ1v) is 16.7. The highest BCUT2D eigenvalue weighted by molar-refractivity contribution is 7.94. The van der Waals surface area contributed by atoms with Crippen molar-refractivity contribution in [1.29, 1.82) is 0 Å². The van der Waals surface area contributed by atoms with Crippen LogP contribution in [0.2, 0.25) is 0 Å². The summed E-state index contributed by atoms with van der Waals surface area (Å²) in [6.07, 6.45) is 0. The predicted molar refractivity (Wildman–Crippen MR) is 183 cm³/mol. The van der Waals surface area contributed by atoms with Crippen molar-refractivity contribution < 1.29 is 27.6 Å². The van der Waals surface area contributed by atoms with Gasteiger partial charge in [0.2, 0.25) is 0 Å². The molecule has 6 aromatic rings. The van der Waals surface area contributed by atoms with Gasteiger partial charge in [-0.05, 0) is 67.9 Å². The fourth-order valence-corrected chi connectivity index (χ4v) is 6.24. The van der Waals surface area contributed by atoms with Gasteiger partial charge in [-0.25, -0.2) is 14.6 Å². The number of nitrogens with zero attached hydrogens (tertiary/aromatic N) is 6. The summed E-state index contributed by atoms with van der Waals surface area (Å²) in [5.41, 5.74) is 1.75. The van der Waals surface area contributed by atoms with E-state index in [1.807, 2.05) is 12.1 Å². The number of para-hydroxylation sites is 2. The fourth-order valence-electron chi connectivity index (χ4n) is 4.97. The standard InChI is InChI=1S/C32H26N8O8S2/c1-19-29(31(41)39(37-19)23-9-5-3-6-10-23)35-33-21-13-15-25(27(17-21)49-48-47-43)26-16-14-22(18-28(26)50(44,45)46)34-36-30-20(2)38-40(32(30)42)24-11-7-4-8-12-24/h3-18,37-38,43H,1-2H3,(H,44,45,46). The van der Waals surface area contributed by atoms with Crippen LogP contribution in [0, 0.1) is 13.8 Å². The quantitative estimate of drug-likeness (QED) is 0.0344. The van der Waals surface area contributed by atoms with Crippen molar-refractivity contribution >= 4 is 44.9 Å². The Kier molecular flexibility index (Phi) is 9.81. The van der Waals surface area contributed by atoms with Crippen LogP contribution in [0.3, 0.4) is 0 Å². The molecule has 0 fully saturated rings. The third-order valence-electron chi connectivity index (χ3n) is 7.29. The molecule has 50 heavy (non-hydrogen) atoms. The zero-order chi connectivity index (χ0) is 35.4. The number of benzene rings is 4. The van der Waals surface area contributed by atoms with E-state index in [0.29, 0.717) is 34.8 Å². The summed E-state index contributed by atoms with van der Waals surface area (Å²) >= 11 is 0.515. The Balaban J connectivity index is 1.34. The van der Waals surface area contributed by atoms with Gasteiger partial charge in [-0.15, -0.1) is 14.6 Å². The number of azo groups is 2. The number of H-pyrrole nitrogens is 2. The molecule has 16 nitrogen and oxygen atoms in total. The van der Waals surface area contributed by atoms with E-state index < -0.39 is 26.1 Å². The highest BCUT2D eigenvalue weighted by Crippen LogP contribution is 2.39. The van der Waals surface area contributed by atoms with Gasteiger partial charge < -0.3 is 0 Å². The summed E-state index contributed by atoms with van der Waals surface area (Å²) in [4.78, 5) is 25.7. The van der Waals surface area contributed by atoms with Crippen molar-refractivity contribution in [2.45, 2.75) is 23.6 Å². The van der Waals surface area contributed by atoms with Gasteiger partial charge in [0, 0.05) is 10.5 Å². The van der Waals surface area contributed by atoms with Gasteiger partial charge in [-0.1, -0.05) is 53.6 Å². The number of rotatable bonds is 11. The SMILES string of the molecule is Cc1[nH]n(-c2ccccc2)c(=O)c1N=Nc1ccc(-c2ccc(N=Nc3c(C)[nH]n(-c4ccccc4)c3=O)cc2S(=O)(=O)O)c(SOOO)c1. The van der Waals surface area contributed by atoms with Crippen LogP contribution in [-0.2, 0) is 19.5 Å². The number of aromatic nitrogens is 4. The van der Waals surface area contributed by atoms with Crippen LogP contribution < -0.4 is 11.1 Å². The fraction of sp³-hybridized carbons (Fsp3) is 0.0625. The van der Waals surface area contributed by atoms with E-state index in [4.69, 9.17) is 5.26 Å². The van der Waals surface area contributed by atoms with Gasteiger partial charge in [-0.2, -0.15) is 18.6 Å². The Bertz CT molecular complexity index is 2470. The first-order valence-electron chi connectivity index (χ1n) is 14.5. The molecule has 0 amide bonds. The number of hydrogen-bond acceptors (Lipinski definition) is 12. The summed E-state index contributed by atoms with van der Waals surface area (Å²) in [5, 5.41) is 34.9. The van der Waals surface area contributed by atoms with Crippen molar-refractivity contribution in [2.24, 2.45) is 20.5 Å². The van der Waals surface area contributed by atoms with E-state index in [0.717, 1.165) is 6.07 Å². The topological polar surface area (TPSA) is 218 Å². The van der Waals surface area contributed by atoms with Crippen LogP contribution >= 0.6 is 12.0 Å². The van der Waals surface area contributed by atoms with Crippen LogP contribution in [0.4, 0.5) is 22.7 Å². The van der Waals surface area contributed by atoms with Crippen LogP contribution in [-0.4, -0.2) is 37.8 Å². The minimum absolute atomic E-state index is 0.00439. The lowest BCUT2D eigenvalue weighted by molar-refractivity contribution is -0.432. The molecule has 0 bridgehead atoms. The molecule has 18 heteroatoms. The van der Waals surface area contributed by atoms with Crippen LogP contribution in [0.1, 0.15) is 11.4 Å². The minimum Gasteiger partial charge on any atom is -0.293 e. The van der Waals surface area contributed by atoms with Gasteiger partial charge in [-0.3, -0.25) is 24.3 Å². The normalized spacial score (nSPS) is 12.0. The molecule has 0 radical (unpaired) electrons. The monoisotopic (exact) mass is 714 g/mol. The van der Waals surface area contributed by atoms with Gasteiger partial charge >= 0.3 is 0 Å². The molecule has 4 aromatic carbocycles. The maximum Gasteiger partial charge on any atom is 0.299 e. The smallest absolute Gasteiger partial charge is 0.293 e.